The zero-order chi connectivity index (χ0) is 15.2. The highest BCUT2D eigenvalue weighted by Crippen LogP contribution is 2.20. The van der Waals surface area contributed by atoms with E-state index >= 15 is 0 Å². The molecule has 1 aromatic carbocycles. The van der Waals surface area contributed by atoms with Crippen LogP contribution in [-0.2, 0) is 9.59 Å². The summed E-state index contributed by atoms with van der Waals surface area (Å²) in [6.45, 7) is 3.20. The van der Waals surface area contributed by atoms with Crippen LogP contribution in [-0.4, -0.2) is 41.6 Å². The van der Waals surface area contributed by atoms with Crippen LogP contribution in [0.1, 0.15) is 24.8 Å². The lowest BCUT2D eigenvalue weighted by atomic mass is 9.95. The fourth-order valence-corrected chi connectivity index (χ4v) is 2.58. The van der Waals surface area contributed by atoms with E-state index in [0.29, 0.717) is 18.8 Å². The number of carbonyl (C=O) groups excluding carboxylic acids is 1. The molecule has 114 valence electrons. The minimum Gasteiger partial charge on any atom is -0.484 e. The van der Waals surface area contributed by atoms with Crippen LogP contribution in [0.2, 0.25) is 0 Å². The van der Waals surface area contributed by atoms with Crippen LogP contribution in [0.4, 0.5) is 0 Å². The Morgan fingerprint density at radius 2 is 2.05 bits per heavy atom. The number of nitrogens with zero attached hydrogens (tertiary/aromatic N) is 1. The largest absolute Gasteiger partial charge is 0.484 e. The van der Waals surface area contributed by atoms with Gasteiger partial charge >= 0.3 is 5.97 Å². The van der Waals surface area contributed by atoms with Crippen molar-refractivity contribution in [3.8, 4) is 5.75 Å². The fraction of sp³-hybridized carbons (Fsp3) is 0.500. The number of likely N-dealkylation sites (tertiary alicyclic amines) is 1. The molecule has 1 saturated heterocycles. The molecule has 5 nitrogen and oxygen atoms in total. The van der Waals surface area contributed by atoms with Crippen molar-refractivity contribution in [1.82, 2.24) is 4.90 Å². The molecule has 2 rings (SSSR count). The van der Waals surface area contributed by atoms with Crippen LogP contribution in [0.15, 0.2) is 24.3 Å². The second-order valence-electron chi connectivity index (χ2n) is 5.55. The van der Waals surface area contributed by atoms with Gasteiger partial charge in [0.05, 0.1) is 0 Å². The summed E-state index contributed by atoms with van der Waals surface area (Å²) in [5, 5.41) is 8.84. The monoisotopic (exact) mass is 291 g/mol. The van der Waals surface area contributed by atoms with Gasteiger partial charge in [0.2, 0.25) is 0 Å². The first-order valence-electron chi connectivity index (χ1n) is 7.23. The third-order valence-electron chi connectivity index (χ3n) is 3.72. The molecule has 0 aliphatic carbocycles. The van der Waals surface area contributed by atoms with Gasteiger partial charge in [-0.3, -0.25) is 9.59 Å². The predicted octanol–water partition coefficient (Wildman–Crippen LogP) is 2.09. The molecule has 1 amide bonds. The van der Waals surface area contributed by atoms with Crippen molar-refractivity contribution in [3.63, 3.8) is 0 Å². The second-order valence-corrected chi connectivity index (χ2v) is 5.55. The van der Waals surface area contributed by atoms with E-state index in [1.54, 1.807) is 4.90 Å². The summed E-state index contributed by atoms with van der Waals surface area (Å²) >= 11 is 0. The molecule has 1 heterocycles. The van der Waals surface area contributed by atoms with Gasteiger partial charge in [-0.1, -0.05) is 17.7 Å². The van der Waals surface area contributed by atoms with Crippen molar-refractivity contribution in [3.05, 3.63) is 29.8 Å². The number of aryl methyl sites for hydroxylation is 1. The lowest BCUT2D eigenvalue weighted by Crippen LogP contribution is -2.42. The van der Waals surface area contributed by atoms with Crippen molar-refractivity contribution in [2.24, 2.45) is 5.92 Å². The van der Waals surface area contributed by atoms with Crippen molar-refractivity contribution < 1.29 is 19.4 Å². The van der Waals surface area contributed by atoms with Crippen LogP contribution >= 0.6 is 0 Å². The lowest BCUT2D eigenvalue weighted by Gasteiger charge is -2.32. The highest BCUT2D eigenvalue weighted by molar-refractivity contribution is 5.78. The number of benzene rings is 1. The maximum absolute atomic E-state index is 12.1. The molecule has 1 fully saturated rings. The van der Waals surface area contributed by atoms with Crippen molar-refractivity contribution in [1.29, 1.82) is 0 Å². The summed E-state index contributed by atoms with van der Waals surface area (Å²) in [7, 11) is 0. The molecule has 1 aliphatic heterocycles. The van der Waals surface area contributed by atoms with Crippen LogP contribution in [0.5, 0.6) is 5.75 Å². The van der Waals surface area contributed by atoms with Crippen LogP contribution in [0.25, 0.3) is 0 Å². The summed E-state index contributed by atoms with van der Waals surface area (Å²) in [6, 6.07) is 7.55. The van der Waals surface area contributed by atoms with E-state index in [2.05, 4.69) is 0 Å². The van der Waals surface area contributed by atoms with Gasteiger partial charge in [0.1, 0.15) is 5.75 Å². The molecule has 5 heteroatoms. The van der Waals surface area contributed by atoms with Gasteiger partial charge in [0.15, 0.2) is 6.61 Å². The van der Waals surface area contributed by atoms with Crippen molar-refractivity contribution >= 4 is 11.9 Å². The number of carboxylic acid groups (broad SMARTS) is 1. The van der Waals surface area contributed by atoms with E-state index in [1.165, 1.54) is 0 Å². The molecule has 0 saturated carbocycles. The third-order valence-corrected chi connectivity index (χ3v) is 3.72. The summed E-state index contributed by atoms with van der Waals surface area (Å²) in [4.78, 5) is 24.6. The Bertz CT molecular complexity index is 498. The molecule has 0 spiro atoms. The first-order chi connectivity index (χ1) is 10.0. The zero-order valence-corrected chi connectivity index (χ0v) is 12.2. The molecule has 0 aromatic heterocycles. The third kappa shape index (κ3) is 4.77. The van der Waals surface area contributed by atoms with Crippen LogP contribution < -0.4 is 4.74 Å². The number of carbonyl (C=O) groups is 2. The first kappa shape index (κ1) is 15.4. The highest BCUT2D eigenvalue weighted by atomic mass is 16.5. The molecule has 1 N–H and O–H groups in total. The average Bonchev–Trinajstić information content (AvgIpc) is 2.46. The van der Waals surface area contributed by atoms with Gasteiger partial charge in [-0.15, -0.1) is 0 Å². The smallest absolute Gasteiger partial charge is 0.303 e. The second kappa shape index (κ2) is 7.11. The quantitative estimate of drug-likeness (QED) is 0.902. The number of carboxylic acids is 1. The van der Waals surface area contributed by atoms with E-state index in [-0.39, 0.29) is 24.9 Å². The number of piperidine rings is 1. The van der Waals surface area contributed by atoms with Gasteiger partial charge < -0.3 is 14.7 Å². The van der Waals surface area contributed by atoms with E-state index in [0.717, 1.165) is 18.4 Å². The number of amides is 1. The standard InChI is InChI=1S/C16H21NO4/c1-12-4-6-14(7-5-12)21-11-15(18)17-8-2-3-13(10-17)9-16(19)20/h4-7,13H,2-3,8-11H2,1H3,(H,19,20). The van der Waals surface area contributed by atoms with Gasteiger partial charge in [0.25, 0.3) is 5.91 Å². The maximum atomic E-state index is 12.1. The molecule has 1 aromatic rings. The topological polar surface area (TPSA) is 66.8 Å². The minimum atomic E-state index is -0.801. The molecule has 1 unspecified atom stereocenters. The first-order valence-corrected chi connectivity index (χ1v) is 7.23. The molecular weight excluding hydrogens is 270 g/mol. The van der Waals surface area contributed by atoms with Gasteiger partial charge in [0, 0.05) is 19.5 Å². The van der Waals surface area contributed by atoms with Crippen LogP contribution in [0.3, 0.4) is 0 Å². The Morgan fingerprint density at radius 3 is 2.71 bits per heavy atom. The van der Waals surface area contributed by atoms with E-state index < -0.39 is 5.97 Å². The molecule has 1 atom stereocenters. The Hall–Kier alpha value is -2.04. The maximum Gasteiger partial charge on any atom is 0.303 e. The van der Waals surface area contributed by atoms with E-state index in [9.17, 15) is 9.59 Å². The van der Waals surface area contributed by atoms with E-state index in [4.69, 9.17) is 9.84 Å². The lowest BCUT2D eigenvalue weighted by molar-refractivity contribution is -0.141. The Kier molecular flexibility index (Phi) is 5.20. The summed E-state index contributed by atoms with van der Waals surface area (Å²) in [5.41, 5.74) is 1.14. The summed E-state index contributed by atoms with van der Waals surface area (Å²) in [5.74, 6) is -0.150. The van der Waals surface area contributed by atoms with Gasteiger partial charge in [-0.25, -0.2) is 0 Å². The average molecular weight is 291 g/mol. The molecule has 0 bridgehead atoms. The highest BCUT2D eigenvalue weighted by Gasteiger charge is 2.25. The number of hydrogen-bond donors (Lipinski definition) is 1. The van der Waals surface area contributed by atoms with E-state index in [1.807, 2.05) is 31.2 Å². The zero-order valence-electron chi connectivity index (χ0n) is 12.2. The van der Waals surface area contributed by atoms with Crippen molar-refractivity contribution in [2.45, 2.75) is 26.2 Å². The molecule has 21 heavy (non-hydrogen) atoms. The summed E-state index contributed by atoms with van der Waals surface area (Å²) in [6.07, 6.45) is 1.85. The van der Waals surface area contributed by atoms with Crippen molar-refractivity contribution in [2.75, 3.05) is 19.7 Å². The molecular formula is C16H21NO4. The Morgan fingerprint density at radius 1 is 1.33 bits per heavy atom. The number of aliphatic carboxylic acids is 1. The normalized spacial score (nSPS) is 18.3. The van der Waals surface area contributed by atoms with Crippen LogP contribution in [0, 0.1) is 12.8 Å². The number of rotatable bonds is 5. The Balaban J connectivity index is 1.82. The fourth-order valence-electron chi connectivity index (χ4n) is 2.58. The van der Waals surface area contributed by atoms with Gasteiger partial charge in [-0.05, 0) is 37.8 Å². The predicted molar refractivity (Wildman–Crippen MR) is 78.2 cm³/mol. The minimum absolute atomic E-state index is 0.00283. The Labute approximate surface area is 124 Å². The number of ether oxygens (including phenoxy) is 1. The SMILES string of the molecule is Cc1ccc(OCC(=O)N2CCCC(CC(=O)O)C2)cc1. The van der Waals surface area contributed by atoms with Gasteiger partial charge in [-0.2, -0.15) is 0 Å². The number of hydrogen-bond acceptors (Lipinski definition) is 3. The molecule has 1 aliphatic rings. The molecule has 0 radical (unpaired) electrons. The summed E-state index contributed by atoms with van der Waals surface area (Å²) < 4.78 is 5.48.